The van der Waals surface area contributed by atoms with E-state index < -0.39 is 0 Å². The molecule has 0 saturated carbocycles. The monoisotopic (exact) mass is 308 g/mol. The largest absolute Gasteiger partial charge is 0.495 e. The topological polar surface area (TPSA) is 67.8 Å². The Morgan fingerprint density at radius 1 is 1.22 bits per heavy atom. The summed E-state index contributed by atoms with van der Waals surface area (Å²) in [7, 11) is 1.54. The molecule has 1 N–H and O–H groups in total. The van der Waals surface area contributed by atoms with E-state index in [1.807, 2.05) is 19.1 Å². The highest BCUT2D eigenvalue weighted by molar-refractivity contribution is 6.16. The van der Waals surface area contributed by atoms with Gasteiger partial charge in [0.15, 0.2) is 5.78 Å². The number of carbonyl (C=O) groups excluding carboxylic acids is 2. The lowest BCUT2D eigenvalue weighted by Crippen LogP contribution is -2.15. The molecule has 3 rings (SSSR count). The number of amides is 1. The molecule has 0 atom stereocenters. The van der Waals surface area contributed by atoms with E-state index in [2.05, 4.69) is 10.3 Å². The third-order valence-corrected chi connectivity index (χ3v) is 3.64. The van der Waals surface area contributed by atoms with Crippen molar-refractivity contribution in [1.29, 1.82) is 0 Å². The summed E-state index contributed by atoms with van der Waals surface area (Å²) in [6.45, 7) is 1.82. The highest BCUT2D eigenvalue weighted by Crippen LogP contribution is 2.28. The Hall–Kier alpha value is -2.95. The number of anilines is 1. The first-order valence-electron chi connectivity index (χ1n) is 7.24. The molecule has 0 fully saturated rings. The van der Waals surface area contributed by atoms with E-state index in [1.54, 1.807) is 37.4 Å². The van der Waals surface area contributed by atoms with Crippen LogP contribution in [-0.2, 0) is 0 Å². The van der Waals surface area contributed by atoms with Crippen molar-refractivity contribution in [3.63, 3.8) is 0 Å². The number of carbonyl (C=O) groups is 2. The molecule has 5 heteroatoms. The number of ether oxygens (including phenoxy) is 1. The van der Waals surface area contributed by atoms with Crippen LogP contribution in [0, 0.1) is 0 Å². The summed E-state index contributed by atoms with van der Waals surface area (Å²) in [6.07, 6.45) is 0.296. The zero-order chi connectivity index (χ0) is 16.4. The molecule has 116 valence electrons. The minimum Gasteiger partial charge on any atom is -0.495 e. The molecule has 23 heavy (non-hydrogen) atoms. The van der Waals surface area contributed by atoms with Crippen LogP contribution < -0.4 is 10.1 Å². The van der Waals surface area contributed by atoms with Gasteiger partial charge < -0.3 is 10.1 Å². The Morgan fingerprint density at radius 3 is 2.78 bits per heavy atom. The molecule has 5 nitrogen and oxygen atoms in total. The molecule has 0 aromatic heterocycles. The molecule has 0 bridgehead atoms. The molecule has 2 aromatic rings. The summed E-state index contributed by atoms with van der Waals surface area (Å²) in [4.78, 5) is 28.9. The highest BCUT2D eigenvalue weighted by Gasteiger charge is 2.20. The molecular weight excluding hydrogens is 292 g/mol. The first-order chi connectivity index (χ1) is 11.1. The van der Waals surface area contributed by atoms with Gasteiger partial charge >= 0.3 is 0 Å². The van der Waals surface area contributed by atoms with Crippen LogP contribution in [0.25, 0.3) is 0 Å². The smallest absolute Gasteiger partial charge is 0.255 e. The SMILES string of the molecule is COc1ccccc1NC(=O)c1ccc2c(c1)C(=O)CC(C)=N2. The van der Waals surface area contributed by atoms with Crippen LogP contribution in [0.1, 0.15) is 34.1 Å². The zero-order valence-corrected chi connectivity index (χ0v) is 12.9. The summed E-state index contributed by atoms with van der Waals surface area (Å²) in [5, 5.41) is 2.80. The van der Waals surface area contributed by atoms with Gasteiger partial charge in [0.25, 0.3) is 5.91 Å². The predicted molar refractivity (Wildman–Crippen MR) is 89.1 cm³/mol. The number of rotatable bonds is 3. The summed E-state index contributed by atoms with van der Waals surface area (Å²) >= 11 is 0. The number of hydrogen-bond acceptors (Lipinski definition) is 4. The molecule has 0 spiro atoms. The molecular formula is C18H16N2O3. The average molecular weight is 308 g/mol. The van der Waals surface area contributed by atoms with Gasteiger partial charge in [-0.25, -0.2) is 0 Å². The van der Waals surface area contributed by atoms with Gasteiger partial charge in [-0.3, -0.25) is 14.6 Å². The number of nitrogens with one attached hydrogen (secondary N) is 1. The van der Waals surface area contributed by atoms with E-state index in [1.165, 1.54) is 0 Å². The van der Waals surface area contributed by atoms with Crippen LogP contribution in [0.15, 0.2) is 47.5 Å². The van der Waals surface area contributed by atoms with Gasteiger partial charge in [0.05, 0.1) is 18.5 Å². The maximum Gasteiger partial charge on any atom is 0.255 e. The van der Waals surface area contributed by atoms with E-state index in [9.17, 15) is 9.59 Å². The molecule has 0 aliphatic carbocycles. The number of fused-ring (bicyclic) bond motifs is 1. The van der Waals surface area contributed by atoms with E-state index >= 15 is 0 Å². The predicted octanol–water partition coefficient (Wildman–Crippen LogP) is 3.63. The lowest BCUT2D eigenvalue weighted by atomic mass is 9.98. The fraction of sp³-hybridized carbons (Fsp3) is 0.167. The van der Waals surface area contributed by atoms with Gasteiger partial charge in [0.2, 0.25) is 0 Å². The zero-order valence-electron chi connectivity index (χ0n) is 12.9. The van der Waals surface area contributed by atoms with E-state index in [-0.39, 0.29) is 11.7 Å². The fourth-order valence-electron chi connectivity index (χ4n) is 2.51. The number of ketones is 1. The van der Waals surface area contributed by atoms with Gasteiger partial charge in [0.1, 0.15) is 5.75 Å². The summed E-state index contributed by atoms with van der Waals surface area (Å²) in [5.41, 5.74) is 2.89. The fourth-order valence-corrected chi connectivity index (χ4v) is 2.51. The number of para-hydroxylation sites is 2. The second kappa shape index (κ2) is 6.04. The van der Waals surface area contributed by atoms with Gasteiger partial charge in [0, 0.05) is 23.3 Å². The van der Waals surface area contributed by atoms with Gasteiger partial charge in [-0.1, -0.05) is 12.1 Å². The van der Waals surface area contributed by atoms with Gasteiger partial charge in [-0.15, -0.1) is 0 Å². The third kappa shape index (κ3) is 2.99. The summed E-state index contributed by atoms with van der Waals surface area (Å²) < 4.78 is 5.21. The Bertz CT molecular complexity index is 825. The van der Waals surface area contributed by atoms with Crippen molar-refractivity contribution in [1.82, 2.24) is 0 Å². The Balaban J connectivity index is 1.89. The van der Waals surface area contributed by atoms with Crippen LogP contribution >= 0.6 is 0 Å². The molecule has 2 aromatic carbocycles. The number of hydrogen-bond donors (Lipinski definition) is 1. The number of aliphatic imine (C=N–C) groups is 1. The second-order valence-electron chi connectivity index (χ2n) is 5.33. The normalized spacial score (nSPS) is 13.1. The van der Waals surface area contributed by atoms with Crippen LogP contribution in [0.3, 0.4) is 0 Å². The van der Waals surface area contributed by atoms with Crippen molar-refractivity contribution in [2.45, 2.75) is 13.3 Å². The first-order valence-corrected chi connectivity index (χ1v) is 7.24. The Labute approximate surface area is 134 Å². The average Bonchev–Trinajstić information content (AvgIpc) is 2.55. The van der Waals surface area contributed by atoms with E-state index in [4.69, 9.17) is 4.74 Å². The second-order valence-corrected chi connectivity index (χ2v) is 5.33. The highest BCUT2D eigenvalue weighted by atomic mass is 16.5. The minimum absolute atomic E-state index is 0.0144. The van der Waals surface area contributed by atoms with Crippen molar-refractivity contribution in [2.75, 3.05) is 12.4 Å². The van der Waals surface area contributed by atoms with Crippen molar-refractivity contribution in [2.24, 2.45) is 4.99 Å². The van der Waals surface area contributed by atoms with Gasteiger partial charge in [-0.2, -0.15) is 0 Å². The molecule has 1 heterocycles. The van der Waals surface area contributed by atoms with Crippen molar-refractivity contribution in [3.8, 4) is 5.75 Å². The molecule has 1 aliphatic rings. The van der Waals surface area contributed by atoms with Crippen LogP contribution in [0.5, 0.6) is 5.75 Å². The van der Waals surface area contributed by atoms with E-state index in [0.717, 1.165) is 5.71 Å². The Kier molecular flexibility index (Phi) is 3.93. The Morgan fingerprint density at radius 2 is 2.00 bits per heavy atom. The molecule has 0 saturated heterocycles. The maximum atomic E-state index is 12.4. The molecule has 1 aliphatic heterocycles. The third-order valence-electron chi connectivity index (χ3n) is 3.64. The quantitative estimate of drug-likeness (QED) is 0.941. The molecule has 1 amide bonds. The van der Waals surface area contributed by atoms with E-state index in [0.29, 0.717) is 34.7 Å². The lowest BCUT2D eigenvalue weighted by Gasteiger charge is -2.14. The maximum absolute atomic E-state index is 12.4. The standard InChI is InChI=1S/C18H16N2O3/c1-11-9-16(21)13-10-12(7-8-14(13)19-11)18(22)20-15-5-3-4-6-17(15)23-2/h3-8,10H,9H2,1-2H3,(H,20,22). The number of Topliss-reactive ketones (excluding diaryl/α,β-unsaturated/α-hetero) is 1. The van der Waals surface area contributed by atoms with Crippen molar-refractivity contribution in [3.05, 3.63) is 53.6 Å². The van der Waals surface area contributed by atoms with Crippen LogP contribution in [0.4, 0.5) is 11.4 Å². The minimum atomic E-state index is -0.295. The molecule has 0 radical (unpaired) electrons. The molecule has 0 unspecified atom stereocenters. The number of benzene rings is 2. The first kappa shape index (κ1) is 15.0. The lowest BCUT2D eigenvalue weighted by molar-refractivity contribution is 0.0999. The number of nitrogens with zero attached hydrogens (tertiary/aromatic N) is 1. The van der Waals surface area contributed by atoms with Gasteiger partial charge in [-0.05, 0) is 37.3 Å². The summed E-state index contributed by atoms with van der Waals surface area (Å²) in [6, 6.07) is 12.1. The van der Waals surface area contributed by atoms with Crippen molar-refractivity contribution >= 4 is 28.8 Å². The van der Waals surface area contributed by atoms with Crippen molar-refractivity contribution < 1.29 is 14.3 Å². The number of methoxy groups -OCH3 is 1. The van der Waals surface area contributed by atoms with Crippen LogP contribution in [0.2, 0.25) is 0 Å². The van der Waals surface area contributed by atoms with Crippen LogP contribution in [-0.4, -0.2) is 24.5 Å². The summed E-state index contributed by atoms with van der Waals surface area (Å²) in [5.74, 6) is 0.269.